The Morgan fingerprint density at radius 1 is 1.56 bits per heavy atom. The molecular weight excluding hydrogens is 310 g/mol. The third-order valence-corrected chi connectivity index (χ3v) is 4.13. The molecule has 0 aliphatic rings. The molecule has 0 amide bonds. The van der Waals surface area contributed by atoms with E-state index in [2.05, 4.69) is 39.2 Å². The Balaban J connectivity index is 2.18. The van der Waals surface area contributed by atoms with Crippen molar-refractivity contribution in [2.24, 2.45) is 0 Å². The second-order valence-corrected chi connectivity index (χ2v) is 5.56. The van der Waals surface area contributed by atoms with Crippen molar-refractivity contribution in [1.82, 2.24) is 4.98 Å². The van der Waals surface area contributed by atoms with Crippen molar-refractivity contribution in [3.8, 4) is 6.07 Å². The summed E-state index contributed by atoms with van der Waals surface area (Å²) in [5.41, 5.74) is 1.63. The first-order chi connectivity index (χ1) is 8.74. The highest BCUT2D eigenvalue weighted by Crippen LogP contribution is 2.27. The van der Waals surface area contributed by atoms with Crippen molar-refractivity contribution in [2.45, 2.75) is 19.4 Å². The number of nitrogens with zero attached hydrogens (tertiary/aromatic N) is 2. The number of anilines is 1. The molecule has 1 aromatic heterocycles. The van der Waals surface area contributed by atoms with Gasteiger partial charge in [0.2, 0.25) is 0 Å². The van der Waals surface area contributed by atoms with Crippen molar-refractivity contribution in [1.29, 1.82) is 5.26 Å². The summed E-state index contributed by atoms with van der Waals surface area (Å²) in [6, 6.07) is 7.99. The number of rotatable bonds is 4. The van der Waals surface area contributed by atoms with Crippen LogP contribution in [-0.4, -0.2) is 4.98 Å². The molecule has 0 aliphatic heterocycles. The van der Waals surface area contributed by atoms with Crippen LogP contribution in [0.3, 0.4) is 0 Å². The van der Waals surface area contributed by atoms with E-state index in [0.717, 1.165) is 21.6 Å². The first-order valence-electron chi connectivity index (χ1n) is 5.60. The number of thiazole rings is 1. The Labute approximate surface area is 119 Å². The summed E-state index contributed by atoms with van der Waals surface area (Å²) in [7, 11) is 0. The standard InChI is InChI=1S/C13H12BrN3S/c1-2-12(13-16-5-6-18-13)17-10-4-3-9(8-15)11(14)7-10/h3-7,12,17H,2H2,1H3. The van der Waals surface area contributed by atoms with Crippen LogP contribution in [0.25, 0.3) is 0 Å². The maximum atomic E-state index is 8.88. The van der Waals surface area contributed by atoms with E-state index in [0.29, 0.717) is 5.56 Å². The molecule has 0 bridgehead atoms. The largest absolute Gasteiger partial charge is 0.376 e. The van der Waals surface area contributed by atoms with Gasteiger partial charge in [0.1, 0.15) is 11.1 Å². The minimum Gasteiger partial charge on any atom is -0.376 e. The summed E-state index contributed by atoms with van der Waals surface area (Å²) in [5, 5.41) is 15.4. The summed E-state index contributed by atoms with van der Waals surface area (Å²) in [5.74, 6) is 0. The zero-order chi connectivity index (χ0) is 13.0. The van der Waals surface area contributed by atoms with E-state index in [1.807, 2.05) is 23.7 Å². The number of hydrogen-bond donors (Lipinski definition) is 1. The first-order valence-corrected chi connectivity index (χ1v) is 7.27. The Kier molecular flexibility index (Phi) is 4.34. The molecule has 3 nitrogen and oxygen atoms in total. The van der Waals surface area contributed by atoms with Gasteiger partial charge in [-0.25, -0.2) is 4.98 Å². The molecule has 1 unspecified atom stereocenters. The van der Waals surface area contributed by atoms with Gasteiger partial charge in [0.05, 0.1) is 11.6 Å². The van der Waals surface area contributed by atoms with Crippen LogP contribution < -0.4 is 5.32 Å². The van der Waals surface area contributed by atoms with Gasteiger partial charge in [-0.1, -0.05) is 6.92 Å². The number of aromatic nitrogens is 1. The molecule has 18 heavy (non-hydrogen) atoms. The topological polar surface area (TPSA) is 48.7 Å². The molecule has 1 heterocycles. The SMILES string of the molecule is CCC(Nc1ccc(C#N)c(Br)c1)c1nccs1. The molecule has 2 rings (SSSR count). The van der Waals surface area contributed by atoms with Crippen LogP contribution in [0.15, 0.2) is 34.2 Å². The number of hydrogen-bond acceptors (Lipinski definition) is 4. The van der Waals surface area contributed by atoms with Gasteiger partial charge in [-0.15, -0.1) is 11.3 Å². The molecule has 0 spiro atoms. The van der Waals surface area contributed by atoms with E-state index in [4.69, 9.17) is 5.26 Å². The molecular formula is C13H12BrN3S. The Morgan fingerprint density at radius 3 is 2.94 bits per heavy atom. The lowest BCUT2D eigenvalue weighted by Gasteiger charge is -2.16. The zero-order valence-electron chi connectivity index (χ0n) is 9.85. The Morgan fingerprint density at radius 2 is 2.39 bits per heavy atom. The molecule has 0 radical (unpaired) electrons. The van der Waals surface area contributed by atoms with E-state index in [1.54, 1.807) is 17.4 Å². The van der Waals surface area contributed by atoms with E-state index in [9.17, 15) is 0 Å². The van der Waals surface area contributed by atoms with Gasteiger partial charge >= 0.3 is 0 Å². The second kappa shape index (κ2) is 5.98. The maximum Gasteiger partial charge on any atom is 0.115 e. The summed E-state index contributed by atoms with van der Waals surface area (Å²) >= 11 is 5.04. The smallest absolute Gasteiger partial charge is 0.115 e. The molecule has 0 saturated carbocycles. The first kappa shape index (κ1) is 13.1. The maximum absolute atomic E-state index is 8.88. The quantitative estimate of drug-likeness (QED) is 0.911. The molecule has 1 N–H and O–H groups in total. The van der Waals surface area contributed by atoms with Gasteiger partial charge in [0, 0.05) is 21.7 Å². The van der Waals surface area contributed by atoms with E-state index in [1.165, 1.54) is 0 Å². The second-order valence-electron chi connectivity index (χ2n) is 3.78. The fourth-order valence-corrected chi connectivity index (χ4v) is 2.88. The summed E-state index contributed by atoms with van der Waals surface area (Å²) in [6.45, 7) is 2.12. The fraction of sp³-hybridized carbons (Fsp3) is 0.231. The van der Waals surface area contributed by atoms with Gasteiger partial charge in [0.15, 0.2) is 0 Å². The lowest BCUT2D eigenvalue weighted by Crippen LogP contribution is -2.09. The monoisotopic (exact) mass is 321 g/mol. The van der Waals surface area contributed by atoms with Crippen LogP contribution in [-0.2, 0) is 0 Å². The predicted molar refractivity (Wildman–Crippen MR) is 77.6 cm³/mol. The minimum absolute atomic E-state index is 0.213. The van der Waals surface area contributed by atoms with Crippen LogP contribution in [0, 0.1) is 11.3 Å². The molecule has 0 fully saturated rings. The van der Waals surface area contributed by atoms with Crippen molar-refractivity contribution < 1.29 is 0 Å². The fourth-order valence-electron chi connectivity index (χ4n) is 1.64. The zero-order valence-corrected chi connectivity index (χ0v) is 12.3. The Hall–Kier alpha value is -1.38. The lowest BCUT2D eigenvalue weighted by atomic mass is 10.2. The van der Waals surface area contributed by atoms with Gasteiger partial charge in [-0.2, -0.15) is 5.26 Å². The average Bonchev–Trinajstić information content (AvgIpc) is 2.90. The van der Waals surface area contributed by atoms with Crippen molar-refractivity contribution in [2.75, 3.05) is 5.32 Å². The summed E-state index contributed by atoms with van der Waals surface area (Å²) < 4.78 is 0.809. The number of nitrogens with one attached hydrogen (secondary N) is 1. The molecule has 1 aromatic carbocycles. The van der Waals surface area contributed by atoms with Crippen LogP contribution in [0.2, 0.25) is 0 Å². The molecule has 0 aliphatic carbocycles. The molecule has 5 heteroatoms. The molecule has 0 saturated heterocycles. The normalized spacial score (nSPS) is 11.8. The van der Waals surface area contributed by atoms with Crippen molar-refractivity contribution >= 4 is 33.0 Å². The molecule has 2 aromatic rings. The minimum atomic E-state index is 0.213. The van der Waals surface area contributed by atoms with Crippen LogP contribution >= 0.6 is 27.3 Å². The Bertz CT molecular complexity index is 560. The summed E-state index contributed by atoms with van der Waals surface area (Å²) in [6.07, 6.45) is 2.78. The van der Waals surface area contributed by atoms with E-state index >= 15 is 0 Å². The average molecular weight is 322 g/mol. The highest BCUT2D eigenvalue weighted by atomic mass is 79.9. The highest BCUT2D eigenvalue weighted by molar-refractivity contribution is 9.10. The molecule has 92 valence electrons. The van der Waals surface area contributed by atoms with E-state index < -0.39 is 0 Å². The highest BCUT2D eigenvalue weighted by Gasteiger charge is 2.12. The van der Waals surface area contributed by atoms with Gasteiger partial charge in [0.25, 0.3) is 0 Å². The predicted octanol–water partition coefficient (Wildman–Crippen LogP) is 4.34. The van der Waals surface area contributed by atoms with Gasteiger partial charge in [-0.3, -0.25) is 0 Å². The molecule has 1 atom stereocenters. The van der Waals surface area contributed by atoms with Crippen molar-refractivity contribution in [3.05, 3.63) is 44.8 Å². The van der Waals surface area contributed by atoms with Gasteiger partial charge in [-0.05, 0) is 40.5 Å². The number of benzene rings is 1. The van der Waals surface area contributed by atoms with E-state index in [-0.39, 0.29) is 6.04 Å². The lowest BCUT2D eigenvalue weighted by molar-refractivity contribution is 0.742. The van der Waals surface area contributed by atoms with Crippen LogP contribution in [0.1, 0.15) is 30.0 Å². The summed E-state index contributed by atoms with van der Waals surface area (Å²) in [4.78, 5) is 4.33. The van der Waals surface area contributed by atoms with Crippen LogP contribution in [0.5, 0.6) is 0 Å². The third-order valence-electron chi connectivity index (χ3n) is 2.59. The number of halogens is 1. The van der Waals surface area contributed by atoms with Gasteiger partial charge < -0.3 is 5.32 Å². The third kappa shape index (κ3) is 2.89. The van der Waals surface area contributed by atoms with Crippen LogP contribution in [0.4, 0.5) is 5.69 Å². The number of nitriles is 1. The van der Waals surface area contributed by atoms with Crippen molar-refractivity contribution in [3.63, 3.8) is 0 Å².